The molecular formula is C15H20ClN3O. The third-order valence-corrected chi connectivity index (χ3v) is 4.25. The molecule has 0 saturated carbocycles. The van der Waals surface area contributed by atoms with E-state index in [1.54, 1.807) is 18.2 Å². The second-order valence-electron chi connectivity index (χ2n) is 5.30. The predicted octanol–water partition coefficient (Wildman–Crippen LogP) is 2.64. The largest absolute Gasteiger partial charge is 0.506 e. The number of hydrogen-bond acceptors (Lipinski definition) is 4. The number of benzene rings is 1. The molecular weight excluding hydrogens is 274 g/mol. The molecule has 1 saturated heterocycles. The predicted molar refractivity (Wildman–Crippen MR) is 79.8 cm³/mol. The molecule has 2 rings (SSSR count). The van der Waals surface area contributed by atoms with Crippen molar-refractivity contribution in [1.29, 1.82) is 5.26 Å². The van der Waals surface area contributed by atoms with E-state index in [1.165, 1.54) is 0 Å². The zero-order chi connectivity index (χ0) is 14.7. The van der Waals surface area contributed by atoms with Gasteiger partial charge in [-0.3, -0.25) is 4.90 Å². The number of hydrogen-bond donors (Lipinski definition) is 1. The number of phenolic OH excluding ortho intramolecular Hbond substituents is 1. The first-order valence-electron chi connectivity index (χ1n) is 6.89. The highest BCUT2D eigenvalue weighted by Gasteiger charge is 2.30. The summed E-state index contributed by atoms with van der Waals surface area (Å²) in [4.78, 5) is 4.53. The molecule has 2 atom stereocenters. The van der Waals surface area contributed by atoms with Crippen molar-refractivity contribution in [3.8, 4) is 11.8 Å². The summed E-state index contributed by atoms with van der Waals surface area (Å²) in [6, 6.07) is 7.46. The Hall–Kier alpha value is -1.28. The normalized spacial score (nSPS) is 22.4. The number of halogens is 1. The van der Waals surface area contributed by atoms with Gasteiger partial charge in [0.2, 0.25) is 0 Å². The van der Waals surface area contributed by atoms with Crippen LogP contribution in [-0.4, -0.2) is 47.6 Å². The Morgan fingerprint density at radius 1 is 1.50 bits per heavy atom. The van der Waals surface area contributed by atoms with Crippen LogP contribution in [0.2, 0.25) is 5.02 Å². The standard InChI is InChI=1S/C15H20ClN3O/c1-3-12-10-18(2)6-7-19(12)14(9-17)11-4-5-15(20)13(16)8-11/h4-5,8,12,14,20H,3,6-7,10H2,1-2H3. The van der Waals surface area contributed by atoms with Crippen LogP contribution in [0.1, 0.15) is 24.9 Å². The third kappa shape index (κ3) is 3.06. The number of phenols is 1. The molecule has 20 heavy (non-hydrogen) atoms. The molecule has 1 aromatic rings. The van der Waals surface area contributed by atoms with Crippen LogP contribution >= 0.6 is 11.6 Å². The quantitative estimate of drug-likeness (QED) is 0.931. The summed E-state index contributed by atoms with van der Waals surface area (Å²) >= 11 is 5.96. The monoisotopic (exact) mass is 293 g/mol. The van der Waals surface area contributed by atoms with Crippen LogP contribution in [0.5, 0.6) is 5.75 Å². The van der Waals surface area contributed by atoms with Gasteiger partial charge in [-0.05, 0) is 31.2 Å². The number of rotatable bonds is 3. The van der Waals surface area contributed by atoms with Gasteiger partial charge < -0.3 is 10.0 Å². The fourth-order valence-electron chi connectivity index (χ4n) is 2.76. The van der Waals surface area contributed by atoms with E-state index < -0.39 is 0 Å². The maximum atomic E-state index is 9.56. The van der Waals surface area contributed by atoms with Crippen LogP contribution in [0.3, 0.4) is 0 Å². The van der Waals surface area contributed by atoms with Crippen LogP contribution in [0, 0.1) is 11.3 Å². The zero-order valence-corrected chi connectivity index (χ0v) is 12.6. The minimum absolute atomic E-state index is 0.0533. The van der Waals surface area contributed by atoms with Gasteiger partial charge in [0.05, 0.1) is 11.1 Å². The number of piperazine rings is 1. The molecule has 1 fully saturated rings. The van der Waals surface area contributed by atoms with Gasteiger partial charge in [0.15, 0.2) is 0 Å². The summed E-state index contributed by atoms with van der Waals surface area (Å²) < 4.78 is 0. The summed E-state index contributed by atoms with van der Waals surface area (Å²) in [5, 5.41) is 19.4. The Bertz CT molecular complexity index is 514. The van der Waals surface area contributed by atoms with Crippen LogP contribution < -0.4 is 0 Å². The molecule has 0 amide bonds. The lowest BCUT2D eigenvalue weighted by atomic mass is 10.0. The summed E-state index contributed by atoms with van der Waals surface area (Å²) in [5.74, 6) is 0.0533. The second-order valence-corrected chi connectivity index (χ2v) is 5.71. The minimum atomic E-state index is -0.313. The summed E-state index contributed by atoms with van der Waals surface area (Å²) in [6.07, 6.45) is 1.01. The highest BCUT2D eigenvalue weighted by molar-refractivity contribution is 6.32. The molecule has 5 heteroatoms. The van der Waals surface area contributed by atoms with Gasteiger partial charge in [-0.25, -0.2) is 0 Å². The van der Waals surface area contributed by atoms with Crippen molar-refractivity contribution < 1.29 is 5.11 Å². The lowest BCUT2D eigenvalue weighted by Gasteiger charge is -2.42. The van der Waals surface area contributed by atoms with Crippen LogP contribution in [0.4, 0.5) is 0 Å². The Morgan fingerprint density at radius 2 is 2.25 bits per heavy atom. The van der Waals surface area contributed by atoms with Crippen LogP contribution in [0.15, 0.2) is 18.2 Å². The smallest absolute Gasteiger partial charge is 0.134 e. The molecule has 4 nitrogen and oxygen atoms in total. The Labute approximate surface area is 125 Å². The zero-order valence-electron chi connectivity index (χ0n) is 11.9. The Kier molecular flexibility index (Phi) is 4.87. The maximum Gasteiger partial charge on any atom is 0.134 e. The highest BCUT2D eigenvalue weighted by atomic mass is 35.5. The molecule has 0 spiro atoms. The van der Waals surface area contributed by atoms with Crippen molar-refractivity contribution in [2.45, 2.75) is 25.4 Å². The Morgan fingerprint density at radius 3 is 2.85 bits per heavy atom. The summed E-state index contributed by atoms with van der Waals surface area (Å²) in [6.45, 7) is 4.95. The summed E-state index contributed by atoms with van der Waals surface area (Å²) in [7, 11) is 2.11. The lowest BCUT2D eigenvalue weighted by molar-refractivity contribution is 0.0675. The molecule has 2 unspecified atom stereocenters. The van der Waals surface area contributed by atoms with Gasteiger partial charge >= 0.3 is 0 Å². The van der Waals surface area contributed by atoms with Crippen LogP contribution in [0.25, 0.3) is 0 Å². The van der Waals surface area contributed by atoms with Gasteiger partial charge in [0, 0.05) is 25.7 Å². The van der Waals surface area contributed by atoms with Crippen molar-refractivity contribution in [2.24, 2.45) is 0 Å². The van der Waals surface area contributed by atoms with Crippen molar-refractivity contribution in [2.75, 3.05) is 26.7 Å². The van der Waals surface area contributed by atoms with Gasteiger partial charge in [-0.2, -0.15) is 5.26 Å². The fraction of sp³-hybridized carbons (Fsp3) is 0.533. The first-order valence-corrected chi connectivity index (χ1v) is 7.27. The summed E-state index contributed by atoms with van der Waals surface area (Å²) in [5.41, 5.74) is 0.846. The average molecular weight is 294 g/mol. The SMILES string of the molecule is CCC1CN(C)CCN1C(C#N)c1ccc(O)c(Cl)c1. The molecule has 0 bridgehead atoms. The Balaban J connectivity index is 2.27. The van der Waals surface area contributed by atoms with E-state index >= 15 is 0 Å². The molecule has 1 N–H and O–H groups in total. The molecule has 1 aliphatic heterocycles. The molecule has 108 valence electrons. The van der Waals surface area contributed by atoms with Gasteiger partial charge in [-0.1, -0.05) is 24.6 Å². The molecule has 1 aromatic carbocycles. The van der Waals surface area contributed by atoms with E-state index in [2.05, 4.69) is 29.8 Å². The van der Waals surface area contributed by atoms with Crippen molar-refractivity contribution in [1.82, 2.24) is 9.80 Å². The lowest BCUT2D eigenvalue weighted by Crippen LogP contribution is -2.52. The van der Waals surface area contributed by atoms with Crippen LogP contribution in [-0.2, 0) is 0 Å². The molecule has 0 radical (unpaired) electrons. The maximum absolute atomic E-state index is 9.56. The van der Waals surface area contributed by atoms with Crippen molar-refractivity contribution >= 4 is 11.6 Å². The molecule has 1 aliphatic rings. The minimum Gasteiger partial charge on any atom is -0.506 e. The van der Waals surface area contributed by atoms with Gasteiger partial charge in [-0.15, -0.1) is 0 Å². The van der Waals surface area contributed by atoms with E-state index in [1.807, 2.05) is 0 Å². The first-order chi connectivity index (χ1) is 9.56. The van der Waals surface area contributed by atoms with Gasteiger partial charge in [0.25, 0.3) is 0 Å². The van der Waals surface area contributed by atoms with Crippen molar-refractivity contribution in [3.05, 3.63) is 28.8 Å². The average Bonchev–Trinajstić information content (AvgIpc) is 2.44. The van der Waals surface area contributed by atoms with E-state index in [4.69, 9.17) is 11.6 Å². The number of likely N-dealkylation sites (N-methyl/N-ethyl adjacent to an activating group) is 1. The van der Waals surface area contributed by atoms with Gasteiger partial charge in [0.1, 0.15) is 11.8 Å². The fourth-order valence-corrected chi connectivity index (χ4v) is 2.95. The molecule has 0 aliphatic carbocycles. The van der Waals surface area contributed by atoms with Crippen molar-refractivity contribution in [3.63, 3.8) is 0 Å². The molecule has 0 aromatic heterocycles. The third-order valence-electron chi connectivity index (χ3n) is 3.94. The van der Waals surface area contributed by atoms with E-state index in [0.717, 1.165) is 31.6 Å². The second kappa shape index (κ2) is 6.45. The first kappa shape index (κ1) is 15.1. The number of nitrogens with zero attached hydrogens (tertiary/aromatic N) is 3. The van der Waals surface area contributed by atoms with E-state index in [0.29, 0.717) is 11.1 Å². The number of nitriles is 1. The van der Waals surface area contributed by atoms with E-state index in [9.17, 15) is 10.4 Å². The molecule has 1 heterocycles. The highest BCUT2D eigenvalue weighted by Crippen LogP contribution is 2.31. The number of aromatic hydroxyl groups is 1. The van der Waals surface area contributed by atoms with E-state index in [-0.39, 0.29) is 11.8 Å². The topological polar surface area (TPSA) is 50.5 Å².